The number of nitrogens with zero attached hydrogens (tertiary/aromatic N) is 2. The van der Waals surface area contributed by atoms with E-state index in [1.807, 2.05) is 79.7 Å². The van der Waals surface area contributed by atoms with Gasteiger partial charge in [-0.1, -0.05) is 79.7 Å². The molecule has 3 rings (SSSR count). The summed E-state index contributed by atoms with van der Waals surface area (Å²) in [6.45, 7) is 2.60. The fourth-order valence-electron chi connectivity index (χ4n) is 3.36. The van der Waals surface area contributed by atoms with Crippen LogP contribution in [0.5, 0.6) is 0 Å². The molecule has 0 bridgehead atoms. The molecule has 0 heterocycles. The summed E-state index contributed by atoms with van der Waals surface area (Å²) in [5, 5.41) is 0. The van der Waals surface area contributed by atoms with Gasteiger partial charge < -0.3 is 4.90 Å². The zero-order chi connectivity index (χ0) is 22.3. The Morgan fingerprint density at radius 3 is 1.65 bits per heavy atom. The van der Waals surface area contributed by atoms with E-state index in [0.29, 0.717) is 18.8 Å². The van der Waals surface area contributed by atoms with Gasteiger partial charge in [0.2, 0.25) is 15.9 Å². The second-order valence-electron chi connectivity index (χ2n) is 7.51. The van der Waals surface area contributed by atoms with E-state index in [4.69, 9.17) is 0 Å². The van der Waals surface area contributed by atoms with Crippen LogP contribution in [0.25, 0.3) is 0 Å². The van der Waals surface area contributed by atoms with Gasteiger partial charge in [0.05, 0.1) is 11.9 Å². The summed E-state index contributed by atoms with van der Waals surface area (Å²) in [7, 11) is -3.63. The third-order valence-electron chi connectivity index (χ3n) is 5.10. The van der Waals surface area contributed by atoms with Crippen molar-refractivity contribution in [3.05, 3.63) is 102 Å². The molecule has 0 N–H and O–H groups in total. The first-order chi connectivity index (χ1) is 14.9. The lowest BCUT2D eigenvalue weighted by atomic mass is 10.1. The highest BCUT2D eigenvalue weighted by molar-refractivity contribution is 7.92. The SMILES string of the molecule is CCc1ccc(N(CC(=O)N(Cc2ccccc2)Cc2ccccc2)S(C)(=O)=O)cc1. The van der Waals surface area contributed by atoms with E-state index in [1.165, 1.54) is 4.31 Å². The van der Waals surface area contributed by atoms with Crippen molar-refractivity contribution >= 4 is 21.6 Å². The Hall–Kier alpha value is -3.12. The van der Waals surface area contributed by atoms with Gasteiger partial charge in [0, 0.05) is 13.1 Å². The van der Waals surface area contributed by atoms with Crippen molar-refractivity contribution in [1.29, 1.82) is 0 Å². The number of aryl methyl sites for hydroxylation is 1. The molecule has 0 fully saturated rings. The monoisotopic (exact) mass is 436 g/mol. The number of sulfonamides is 1. The van der Waals surface area contributed by atoms with Crippen molar-refractivity contribution in [2.45, 2.75) is 26.4 Å². The quantitative estimate of drug-likeness (QED) is 0.504. The van der Waals surface area contributed by atoms with Crippen LogP contribution in [-0.4, -0.2) is 32.0 Å². The Morgan fingerprint density at radius 2 is 1.23 bits per heavy atom. The number of carbonyl (C=O) groups is 1. The number of carbonyl (C=O) groups excluding carboxylic acids is 1. The third-order valence-corrected chi connectivity index (χ3v) is 6.24. The highest BCUT2D eigenvalue weighted by Crippen LogP contribution is 2.20. The molecule has 3 aromatic carbocycles. The number of hydrogen-bond donors (Lipinski definition) is 0. The van der Waals surface area contributed by atoms with Crippen molar-refractivity contribution in [2.75, 3.05) is 17.1 Å². The normalized spacial score (nSPS) is 11.2. The number of anilines is 1. The van der Waals surface area contributed by atoms with Crippen molar-refractivity contribution in [1.82, 2.24) is 4.90 Å². The molecule has 0 aliphatic rings. The molecule has 0 atom stereocenters. The Labute approximate surface area is 185 Å². The number of amides is 1. The van der Waals surface area contributed by atoms with E-state index in [1.54, 1.807) is 17.0 Å². The molecule has 0 aromatic heterocycles. The molecule has 0 saturated carbocycles. The molecule has 0 aliphatic carbocycles. The van der Waals surface area contributed by atoms with E-state index in [2.05, 4.69) is 0 Å². The molecule has 5 nitrogen and oxygen atoms in total. The maximum atomic E-state index is 13.3. The predicted molar refractivity (Wildman–Crippen MR) is 125 cm³/mol. The van der Waals surface area contributed by atoms with Crippen molar-refractivity contribution in [3.63, 3.8) is 0 Å². The molecule has 0 unspecified atom stereocenters. The van der Waals surface area contributed by atoms with E-state index in [0.717, 1.165) is 29.4 Å². The number of hydrogen-bond acceptors (Lipinski definition) is 3. The third kappa shape index (κ3) is 6.43. The van der Waals surface area contributed by atoms with E-state index < -0.39 is 10.0 Å². The average molecular weight is 437 g/mol. The summed E-state index contributed by atoms with van der Waals surface area (Å²) in [6, 6.07) is 26.7. The smallest absolute Gasteiger partial charge is 0.243 e. The first-order valence-corrected chi connectivity index (χ1v) is 12.1. The Morgan fingerprint density at radius 1 is 0.742 bits per heavy atom. The minimum atomic E-state index is -3.63. The fourth-order valence-corrected chi connectivity index (χ4v) is 4.21. The zero-order valence-corrected chi connectivity index (χ0v) is 18.8. The second kappa shape index (κ2) is 10.3. The topological polar surface area (TPSA) is 57.7 Å². The molecule has 1 amide bonds. The fraction of sp³-hybridized carbons (Fsp3) is 0.240. The van der Waals surface area contributed by atoms with Gasteiger partial charge in [0.15, 0.2) is 0 Å². The molecular formula is C25H28N2O3S. The van der Waals surface area contributed by atoms with Crippen molar-refractivity contribution in [3.8, 4) is 0 Å². The summed E-state index contributed by atoms with van der Waals surface area (Å²) in [5.74, 6) is -0.252. The molecule has 31 heavy (non-hydrogen) atoms. The van der Waals surface area contributed by atoms with Gasteiger partial charge in [-0.05, 0) is 35.2 Å². The molecule has 0 spiro atoms. The van der Waals surface area contributed by atoms with Crippen molar-refractivity contribution < 1.29 is 13.2 Å². The highest BCUT2D eigenvalue weighted by Gasteiger charge is 2.24. The summed E-state index contributed by atoms with van der Waals surface area (Å²) >= 11 is 0. The summed E-state index contributed by atoms with van der Waals surface area (Å²) in [6.07, 6.45) is 1.99. The minimum absolute atomic E-state index is 0.246. The van der Waals surface area contributed by atoms with Crippen molar-refractivity contribution in [2.24, 2.45) is 0 Å². The largest absolute Gasteiger partial charge is 0.332 e. The first-order valence-electron chi connectivity index (χ1n) is 10.3. The van der Waals surface area contributed by atoms with Gasteiger partial charge >= 0.3 is 0 Å². The lowest BCUT2D eigenvalue weighted by Gasteiger charge is -2.28. The van der Waals surface area contributed by atoms with Gasteiger partial charge in [-0.25, -0.2) is 8.42 Å². The Kier molecular flexibility index (Phi) is 7.47. The second-order valence-corrected chi connectivity index (χ2v) is 9.42. The summed E-state index contributed by atoms with van der Waals surface area (Å²) in [4.78, 5) is 15.0. The Balaban J connectivity index is 1.86. The van der Waals surface area contributed by atoms with Crippen LogP contribution < -0.4 is 4.31 Å². The molecule has 0 aliphatic heterocycles. The van der Waals surface area contributed by atoms with Crippen LogP contribution in [0.4, 0.5) is 5.69 Å². The first kappa shape index (κ1) is 22.6. The van der Waals surface area contributed by atoms with E-state index in [9.17, 15) is 13.2 Å². The lowest BCUT2D eigenvalue weighted by Crippen LogP contribution is -2.42. The van der Waals surface area contributed by atoms with Gasteiger partial charge in [-0.15, -0.1) is 0 Å². The van der Waals surface area contributed by atoms with E-state index in [-0.39, 0.29) is 12.5 Å². The van der Waals surface area contributed by atoms with Crippen LogP contribution in [0, 0.1) is 0 Å². The van der Waals surface area contributed by atoms with Crippen LogP contribution in [0.15, 0.2) is 84.9 Å². The van der Waals surface area contributed by atoms with Gasteiger partial charge in [0.25, 0.3) is 0 Å². The molecule has 3 aromatic rings. The molecule has 162 valence electrons. The van der Waals surface area contributed by atoms with Gasteiger partial charge in [-0.2, -0.15) is 0 Å². The number of rotatable bonds is 9. The molecule has 6 heteroatoms. The van der Waals surface area contributed by atoms with Crippen LogP contribution in [0.2, 0.25) is 0 Å². The zero-order valence-electron chi connectivity index (χ0n) is 17.9. The molecular weight excluding hydrogens is 408 g/mol. The Bertz CT molecular complexity index is 1040. The molecule has 0 radical (unpaired) electrons. The maximum absolute atomic E-state index is 13.3. The highest BCUT2D eigenvalue weighted by atomic mass is 32.2. The minimum Gasteiger partial charge on any atom is -0.332 e. The van der Waals surface area contributed by atoms with Gasteiger partial charge in [0.1, 0.15) is 6.54 Å². The van der Waals surface area contributed by atoms with E-state index >= 15 is 0 Å². The van der Waals surface area contributed by atoms with Crippen LogP contribution in [0.3, 0.4) is 0 Å². The molecule has 0 saturated heterocycles. The maximum Gasteiger partial charge on any atom is 0.243 e. The van der Waals surface area contributed by atoms with Crippen LogP contribution in [-0.2, 0) is 34.3 Å². The summed E-state index contributed by atoms with van der Waals surface area (Å²) in [5.41, 5.74) is 3.58. The van der Waals surface area contributed by atoms with Crippen LogP contribution >= 0.6 is 0 Å². The van der Waals surface area contributed by atoms with Crippen LogP contribution in [0.1, 0.15) is 23.6 Å². The predicted octanol–water partition coefficient (Wildman–Crippen LogP) is 4.24. The van der Waals surface area contributed by atoms with Gasteiger partial charge in [-0.3, -0.25) is 9.10 Å². The number of benzene rings is 3. The average Bonchev–Trinajstić information content (AvgIpc) is 2.77. The summed E-state index contributed by atoms with van der Waals surface area (Å²) < 4.78 is 26.2. The lowest BCUT2D eigenvalue weighted by molar-refractivity contribution is -0.130. The standard InChI is InChI=1S/C25H28N2O3S/c1-3-21-14-16-24(17-15-21)27(31(2,29)30)20-25(28)26(18-22-10-6-4-7-11-22)19-23-12-8-5-9-13-23/h4-17H,3,18-20H2,1-2H3.